The van der Waals surface area contributed by atoms with Crippen molar-refractivity contribution in [3.8, 4) is 6.07 Å². The van der Waals surface area contributed by atoms with E-state index in [9.17, 15) is 20.1 Å². The number of nitrogens with zero attached hydrogens (tertiary/aromatic N) is 2. The molecule has 0 saturated heterocycles. The fraction of sp³-hybridized carbons (Fsp3) is 0.273. The van der Waals surface area contributed by atoms with E-state index >= 15 is 0 Å². The molecule has 1 unspecified atom stereocenters. The number of nitriles is 1. The number of allylic oxidation sites excluding steroid dienone is 2. The third kappa shape index (κ3) is 6.03. The van der Waals surface area contributed by atoms with Crippen molar-refractivity contribution in [1.29, 1.82) is 5.26 Å². The van der Waals surface area contributed by atoms with Gasteiger partial charge in [0.15, 0.2) is 5.78 Å². The number of carbonyl (C=O) groups is 2. The number of methoxy groups -OCH3 is 1. The van der Waals surface area contributed by atoms with Gasteiger partial charge in [0.25, 0.3) is 0 Å². The molecule has 1 heterocycles. The van der Waals surface area contributed by atoms with Crippen LogP contribution in [0.25, 0.3) is 0 Å². The molecule has 0 saturated carbocycles. The highest BCUT2D eigenvalue weighted by Crippen LogP contribution is 2.30. The highest BCUT2D eigenvalue weighted by molar-refractivity contribution is 7.18. The fourth-order valence-corrected chi connectivity index (χ4v) is 3.70. The zero-order valence-corrected chi connectivity index (χ0v) is 17.8. The van der Waals surface area contributed by atoms with Gasteiger partial charge in [-0.3, -0.25) is 4.79 Å². The highest BCUT2D eigenvalue weighted by Gasteiger charge is 2.23. The van der Waals surface area contributed by atoms with Gasteiger partial charge in [-0.2, -0.15) is 5.26 Å². The third-order valence-corrected chi connectivity index (χ3v) is 5.24. The SMILES string of the molecule is COC(=O)C(CC(C)C)Nc1sc(C(=O)/C=C/C(=N\O)c2ccccc2)cc1C#N. The van der Waals surface area contributed by atoms with Crippen molar-refractivity contribution in [3.05, 3.63) is 64.6 Å². The first-order valence-corrected chi connectivity index (χ1v) is 10.1. The zero-order valence-electron chi connectivity index (χ0n) is 17.0. The second-order valence-corrected chi connectivity index (χ2v) is 7.92. The number of ether oxygens (including phenoxy) is 1. The van der Waals surface area contributed by atoms with E-state index in [0.717, 1.165) is 11.3 Å². The second kappa shape index (κ2) is 10.9. The van der Waals surface area contributed by atoms with Gasteiger partial charge in [0.2, 0.25) is 0 Å². The van der Waals surface area contributed by atoms with E-state index in [1.165, 1.54) is 25.3 Å². The smallest absolute Gasteiger partial charge is 0.328 e. The molecular weight excluding hydrogens is 402 g/mol. The van der Waals surface area contributed by atoms with E-state index < -0.39 is 12.0 Å². The van der Waals surface area contributed by atoms with Gasteiger partial charge in [0.05, 0.1) is 17.6 Å². The van der Waals surface area contributed by atoms with E-state index in [1.807, 2.05) is 26.0 Å². The summed E-state index contributed by atoms with van der Waals surface area (Å²) in [6.45, 7) is 3.95. The van der Waals surface area contributed by atoms with Crippen LogP contribution in [0.4, 0.5) is 5.00 Å². The largest absolute Gasteiger partial charge is 0.467 e. The number of hydrogen-bond acceptors (Lipinski definition) is 8. The average molecular weight is 426 g/mol. The number of ketones is 1. The molecule has 2 N–H and O–H groups in total. The van der Waals surface area contributed by atoms with Crippen molar-refractivity contribution >= 4 is 33.8 Å². The Hall–Kier alpha value is -3.44. The Balaban J connectivity index is 2.23. The van der Waals surface area contributed by atoms with Gasteiger partial charge in [-0.15, -0.1) is 11.3 Å². The summed E-state index contributed by atoms with van der Waals surface area (Å²) in [7, 11) is 1.31. The number of oxime groups is 1. The minimum atomic E-state index is -0.620. The lowest BCUT2D eigenvalue weighted by Gasteiger charge is -2.18. The van der Waals surface area contributed by atoms with Crippen LogP contribution in [0.2, 0.25) is 0 Å². The molecule has 7 nitrogen and oxygen atoms in total. The molecule has 0 fully saturated rings. The lowest BCUT2D eigenvalue weighted by atomic mass is 10.0. The van der Waals surface area contributed by atoms with Gasteiger partial charge in [0, 0.05) is 5.56 Å². The maximum absolute atomic E-state index is 12.6. The summed E-state index contributed by atoms with van der Waals surface area (Å²) in [6, 6.07) is 11.8. The summed E-state index contributed by atoms with van der Waals surface area (Å²) < 4.78 is 4.84. The lowest BCUT2D eigenvalue weighted by Crippen LogP contribution is -2.32. The number of benzene rings is 1. The first kappa shape index (κ1) is 22.8. The molecule has 0 spiro atoms. The summed E-state index contributed by atoms with van der Waals surface area (Å²) in [5, 5.41) is 25.4. The molecule has 30 heavy (non-hydrogen) atoms. The number of thiophene rings is 1. The quantitative estimate of drug-likeness (QED) is 0.155. The van der Waals surface area contributed by atoms with Crippen LogP contribution in [0.1, 0.15) is 41.1 Å². The van der Waals surface area contributed by atoms with E-state index in [4.69, 9.17) is 4.74 Å². The minimum absolute atomic E-state index is 0.227. The van der Waals surface area contributed by atoms with E-state index in [2.05, 4.69) is 10.5 Å². The van der Waals surface area contributed by atoms with Crippen molar-refractivity contribution < 1.29 is 19.5 Å². The molecule has 0 radical (unpaired) electrons. The van der Waals surface area contributed by atoms with Gasteiger partial charge in [-0.05, 0) is 30.6 Å². The van der Waals surface area contributed by atoms with Crippen LogP contribution in [-0.4, -0.2) is 35.8 Å². The van der Waals surface area contributed by atoms with E-state index in [1.54, 1.807) is 24.3 Å². The summed E-state index contributed by atoms with van der Waals surface area (Å²) in [4.78, 5) is 25.0. The van der Waals surface area contributed by atoms with Crippen LogP contribution in [0.15, 0.2) is 53.7 Å². The van der Waals surface area contributed by atoms with Crippen LogP contribution in [-0.2, 0) is 9.53 Å². The molecule has 2 aromatic rings. The van der Waals surface area contributed by atoms with Crippen molar-refractivity contribution in [3.63, 3.8) is 0 Å². The number of rotatable bonds is 9. The minimum Gasteiger partial charge on any atom is -0.467 e. The fourth-order valence-electron chi connectivity index (χ4n) is 2.72. The molecule has 156 valence electrons. The molecule has 1 atom stereocenters. The number of esters is 1. The third-order valence-electron chi connectivity index (χ3n) is 4.16. The monoisotopic (exact) mass is 425 g/mol. The number of anilines is 1. The maximum Gasteiger partial charge on any atom is 0.328 e. The molecule has 2 rings (SSSR count). The van der Waals surface area contributed by atoms with Crippen molar-refractivity contribution in [2.24, 2.45) is 11.1 Å². The molecule has 0 bridgehead atoms. The molecule has 0 aliphatic carbocycles. The molecule has 0 aliphatic heterocycles. The van der Waals surface area contributed by atoms with Gasteiger partial charge in [0.1, 0.15) is 22.8 Å². The van der Waals surface area contributed by atoms with Crippen LogP contribution in [0, 0.1) is 17.2 Å². The first-order valence-electron chi connectivity index (χ1n) is 9.27. The Bertz CT molecular complexity index is 988. The normalized spacial score (nSPS) is 12.6. The van der Waals surface area contributed by atoms with Crippen LogP contribution < -0.4 is 5.32 Å². The Morgan fingerprint density at radius 2 is 2.00 bits per heavy atom. The van der Waals surface area contributed by atoms with Crippen molar-refractivity contribution in [2.75, 3.05) is 12.4 Å². The molecule has 0 aliphatic rings. The summed E-state index contributed by atoms with van der Waals surface area (Å²) >= 11 is 1.09. The average Bonchev–Trinajstić information content (AvgIpc) is 3.16. The summed E-state index contributed by atoms with van der Waals surface area (Å²) in [5.74, 6) is -0.550. The Kier molecular flexibility index (Phi) is 8.32. The molecule has 1 aromatic heterocycles. The molecular formula is C22H23N3O4S. The predicted octanol–water partition coefficient (Wildman–Crippen LogP) is 4.24. The summed E-state index contributed by atoms with van der Waals surface area (Å²) in [6.07, 6.45) is 3.21. The molecule has 8 heteroatoms. The van der Waals surface area contributed by atoms with Crippen LogP contribution >= 0.6 is 11.3 Å². The predicted molar refractivity (Wildman–Crippen MR) is 116 cm³/mol. The van der Waals surface area contributed by atoms with Crippen LogP contribution in [0.3, 0.4) is 0 Å². The van der Waals surface area contributed by atoms with Crippen molar-refractivity contribution in [1.82, 2.24) is 0 Å². The van der Waals surface area contributed by atoms with Gasteiger partial charge in [-0.1, -0.05) is 49.3 Å². The Morgan fingerprint density at radius 3 is 2.57 bits per heavy atom. The highest BCUT2D eigenvalue weighted by atomic mass is 32.1. The number of hydrogen-bond donors (Lipinski definition) is 2. The second-order valence-electron chi connectivity index (χ2n) is 6.86. The Morgan fingerprint density at radius 1 is 1.30 bits per heavy atom. The Labute approximate surface area is 179 Å². The topological polar surface area (TPSA) is 112 Å². The van der Waals surface area contributed by atoms with E-state index in [0.29, 0.717) is 21.9 Å². The summed E-state index contributed by atoms with van der Waals surface area (Å²) in [5.41, 5.74) is 1.17. The molecule has 1 aromatic carbocycles. The van der Waals surface area contributed by atoms with Crippen molar-refractivity contribution in [2.45, 2.75) is 26.3 Å². The number of carbonyl (C=O) groups excluding carboxylic acids is 2. The maximum atomic E-state index is 12.6. The standard InChI is InChI=1S/C22H23N3O4S/c1-14(2)11-18(22(27)29-3)24-21-16(13-23)12-20(30-21)19(26)10-9-17(25-28)15-7-5-4-6-8-15/h4-10,12,14,18,24,28H,11H2,1-3H3/b10-9+,25-17+. The van der Waals surface area contributed by atoms with Gasteiger partial charge < -0.3 is 15.3 Å². The van der Waals surface area contributed by atoms with Gasteiger partial charge in [-0.25, -0.2) is 4.79 Å². The van der Waals surface area contributed by atoms with Crippen LogP contribution in [0.5, 0.6) is 0 Å². The number of nitrogens with one attached hydrogen (secondary N) is 1. The zero-order chi connectivity index (χ0) is 22.1. The first-order chi connectivity index (χ1) is 14.4. The lowest BCUT2D eigenvalue weighted by molar-refractivity contribution is -0.141. The van der Waals surface area contributed by atoms with Gasteiger partial charge >= 0.3 is 5.97 Å². The molecule has 0 amide bonds. The van der Waals surface area contributed by atoms with E-state index in [-0.39, 0.29) is 23.0 Å².